The first kappa shape index (κ1) is 25.1. The highest BCUT2D eigenvalue weighted by atomic mass is 35.5. The standard InChI is InChI=1S/C19H34N6O.2ClH/c1-15(2)5-10-24-11-6-16(7-12-24)13-21-19(26)18-14-25(23-22-18)17-3-8-20-9-4-17;;/h14-17,20H,3-13H2,1-2H3,(H,21,26);2*1H. The minimum Gasteiger partial charge on any atom is -0.350 e. The molecule has 2 N–H and O–H groups in total. The number of hydrogen-bond donors (Lipinski definition) is 2. The minimum atomic E-state index is -0.0904. The summed E-state index contributed by atoms with van der Waals surface area (Å²) in [6, 6.07) is 0.362. The molecule has 7 nitrogen and oxygen atoms in total. The topological polar surface area (TPSA) is 75.1 Å². The molecule has 2 aliphatic rings. The molecule has 0 aromatic carbocycles. The summed E-state index contributed by atoms with van der Waals surface area (Å²) in [5.41, 5.74) is 0.443. The summed E-state index contributed by atoms with van der Waals surface area (Å²) < 4.78 is 1.86. The highest BCUT2D eigenvalue weighted by molar-refractivity contribution is 5.91. The molecule has 1 amide bonds. The first-order chi connectivity index (χ1) is 12.6. The van der Waals surface area contributed by atoms with Gasteiger partial charge in [-0.15, -0.1) is 29.9 Å². The van der Waals surface area contributed by atoms with Gasteiger partial charge in [0.05, 0.1) is 12.2 Å². The van der Waals surface area contributed by atoms with E-state index in [-0.39, 0.29) is 30.7 Å². The molecule has 2 fully saturated rings. The van der Waals surface area contributed by atoms with Crippen LogP contribution in [0.1, 0.15) is 62.5 Å². The summed E-state index contributed by atoms with van der Waals surface area (Å²) in [5, 5.41) is 14.7. The third-order valence-electron chi connectivity index (χ3n) is 5.71. The van der Waals surface area contributed by atoms with Gasteiger partial charge in [0.1, 0.15) is 0 Å². The summed E-state index contributed by atoms with van der Waals surface area (Å²) >= 11 is 0. The maximum absolute atomic E-state index is 12.4. The van der Waals surface area contributed by atoms with E-state index in [9.17, 15) is 4.79 Å². The predicted molar refractivity (Wildman–Crippen MR) is 117 cm³/mol. The average molecular weight is 435 g/mol. The number of nitrogens with one attached hydrogen (secondary N) is 2. The van der Waals surface area contributed by atoms with E-state index < -0.39 is 0 Å². The summed E-state index contributed by atoms with van der Waals surface area (Å²) in [5.74, 6) is 1.26. The van der Waals surface area contributed by atoms with Crippen LogP contribution in [0.25, 0.3) is 0 Å². The van der Waals surface area contributed by atoms with Crippen LogP contribution < -0.4 is 10.6 Å². The molecule has 9 heteroatoms. The van der Waals surface area contributed by atoms with E-state index in [2.05, 4.69) is 39.7 Å². The second-order valence-electron chi connectivity index (χ2n) is 8.24. The first-order valence-corrected chi connectivity index (χ1v) is 10.2. The van der Waals surface area contributed by atoms with Crippen molar-refractivity contribution >= 4 is 30.7 Å². The van der Waals surface area contributed by atoms with Crippen LogP contribution in [-0.2, 0) is 0 Å². The van der Waals surface area contributed by atoms with Crippen LogP contribution in [0.4, 0.5) is 0 Å². The number of aromatic nitrogens is 3. The Bertz CT molecular complexity index is 569. The molecule has 2 saturated heterocycles. The summed E-state index contributed by atoms with van der Waals surface area (Å²) in [6.07, 6.45) is 7.49. The Morgan fingerprint density at radius 1 is 1.21 bits per heavy atom. The minimum absolute atomic E-state index is 0. The molecule has 162 valence electrons. The molecule has 1 aromatic rings. The van der Waals surface area contributed by atoms with Crippen LogP contribution in [0, 0.1) is 11.8 Å². The zero-order chi connectivity index (χ0) is 18.4. The normalized spacial score (nSPS) is 19.1. The molecular formula is C19H36Cl2N6O. The van der Waals surface area contributed by atoms with Crippen LogP contribution in [0.5, 0.6) is 0 Å². The predicted octanol–water partition coefficient (Wildman–Crippen LogP) is 2.53. The number of likely N-dealkylation sites (tertiary alicyclic amines) is 1. The lowest BCUT2D eigenvalue weighted by Crippen LogP contribution is -2.39. The third kappa shape index (κ3) is 7.50. The lowest BCUT2D eigenvalue weighted by molar-refractivity contribution is 0.0930. The molecular weight excluding hydrogens is 399 g/mol. The van der Waals surface area contributed by atoms with Gasteiger partial charge >= 0.3 is 0 Å². The van der Waals surface area contributed by atoms with Crippen molar-refractivity contribution in [3.63, 3.8) is 0 Å². The maximum atomic E-state index is 12.4. The van der Waals surface area contributed by atoms with E-state index in [0.29, 0.717) is 17.7 Å². The van der Waals surface area contributed by atoms with Gasteiger partial charge in [-0.05, 0) is 76.7 Å². The van der Waals surface area contributed by atoms with Crippen LogP contribution in [0.3, 0.4) is 0 Å². The molecule has 0 unspecified atom stereocenters. The Hall–Kier alpha value is -0.890. The largest absolute Gasteiger partial charge is 0.350 e. The van der Waals surface area contributed by atoms with Crippen molar-refractivity contribution in [2.24, 2.45) is 11.8 Å². The highest BCUT2D eigenvalue weighted by Gasteiger charge is 2.22. The molecule has 0 radical (unpaired) electrons. The molecule has 0 spiro atoms. The number of carbonyl (C=O) groups is 1. The van der Waals surface area contributed by atoms with Crippen molar-refractivity contribution in [3.8, 4) is 0 Å². The second kappa shape index (κ2) is 12.6. The SMILES string of the molecule is CC(C)CCN1CCC(CNC(=O)c2cn(C3CCNCC3)nn2)CC1.Cl.Cl. The van der Waals surface area contributed by atoms with E-state index in [1.807, 2.05) is 4.68 Å². The van der Waals surface area contributed by atoms with Gasteiger partial charge in [-0.1, -0.05) is 19.1 Å². The van der Waals surface area contributed by atoms with Gasteiger partial charge in [-0.25, -0.2) is 4.68 Å². The van der Waals surface area contributed by atoms with Crippen LogP contribution in [-0.4, -0.2) is 65.1 Å². The van der Waals surface area contributed by atoms with Gasteiger partial charge in [-0.2, -0.15) is 0 Å². The smallest absolute Gasteiger partial charge is 0.273 e. The van der Waals surface area contributed by atoms with Crippen molar-refractivity contribution in [1.82, 2.24) is 30.5 Å². The maximum Gasteiger partial charge on any atom is 0.273 e. The summed E-state index contributed by atoms with van der Waals surface area (Å²) in [6.45, 7) is 10.8. The zero-order valence-corrected chi connectivity index (χ0v) is 18.7. The third-order valence-corrected chi connectivity index (χ3v) is 5.71. The number of amides is 1. The highest BCUT2D eigenvalue weighted by Crippen LogP contribution is 2.18. The quantitative estimate of drug-likeness (QED) is 0.689. The molecule has 1 aromatic heterocycles. The zero-order valence-electron chi connectivity index (χ0n) is 17.1. The lowest BCUT2D eigenvalue weighted by Gasteiger charge is -2.32. The van der Waals surface area contributed by atoms with Crippen molar-refractivity contribution in [2.45, 2.75) is 52.0 Å². The average Bonchev–Trinajstić information content (AvgIpc) is 3.16. The summed E-state index contributed by atoms with van der Waals surface area (Å²) in [7, 11) is 0. The van der Waals surface area contributed by atoms with Gasteiger partial charge in [0, 0.05) is 6.54 Å². The number of nitrogens with zero attached hydrogens (tertiary/aromatic N) is 4. The van der Waals surface area contributed by atoms with Gasteiger partial charge in [0.2, 0.25) is 0 Å². The molecule has 0 bridgehead atoms. The number of carbonyl (C=O) groups excluding carboxylic acids is 1. The molecule has 0 atom stereocenters. The van der Waals surface area contributed by atoms with Crippen molar-refractivity contribution < 1.29 is 4.79 Å². The van der Waals surface area contributed by atoms with E-state index in [4.69, 9.17) is 0 Å². The Morgan fingerprint density at radius 2 is 1.89 bits per heavy atom. The summed E-state index contributed by atoms with van der Waals surface area (Å²) in [4.78, 5) is 14.9. The number of piperidine rings is 2. The van der Waals surface area contributed by atoms with Gasteiger partial charge in [-0.3, -0.25) is 4.79 Å². The molecule has 3 rings (SSSR count). The van der Waals surface area contributed by atoms with Crippen LogP contribution in [0.2, 0.25) is 0 Å². The second-order valence-corrected chi connectivity index (χ2v) is 8.24. The fourth-order valence-electron chi connectivity index (χ4n) is 3.81. The Kier molecular flexibility index (Phi) is 11.3. The fraction of sp³-hybridized carbons (Fsp3) is 0.842. The number of halogens is 2. The Labute approximate surface area is 181 Å². The fourth-order valence-corrected chi connectivity index (χ4v) is 3.81. The van der Waals surface area contributed by atoms with Crippen LogP contribution in [0.15, 0.2) is 6.20 Å². The first-order valence-electron chi connectivity index (χ1n) is 10.2. The molecule has 0 saturated carbocycles. The van der Waals surface area contributed by atoms with E-state index in [0.717, 1.165) is 51.5 Å². The van der Waals surface area contributed by atoms with Gasteiger partial charge in [0.15, 0.2) is 5.69 Å². The Balaban J connectivity index is 0.00000196. The number of hydrogen-bond acceptors (Lipinski definition) is 5. The monoisotopic (exact) mass is 434 g/mol. The van der Waals surface area contributed by atoms with Gasteiger partial charge in [0.25, 0.3) is 5.91 Å². The van der Waals surface area contributed by atoms with Gasteiger partial charge < -0.3 is 15.5 Å². The number of rotatable bonds is 7. The lowest BCUT2D eigenvalue weighted by atomic mass is 9.96. The Morgan fingerprint density at radius 3 is 2.54 bits per heavy atom. The molecule has 3 heterocycles. The van der Waals surface area contributed by atoms with Crippen molar-refractivity contribution in [3.05, 3.63) is 11.9 Å². The molecule has 0 aliphatic carbocycles. The van der Waals surface area contributed by atoms with E-state index >= 15 is 0 Å². The van der Waals surface area contributed by atoms with Crippen molar-refractivity contribution in [1.29, 1.82) is 0 Å². The van der Waals surface area contributed by atoms with E-state index in [1.165, 1.54) is 25.8 Å². The molecule has 28 heavy (non-hydrogen) atoms. The van der Waals surface area contributed by atoms with Crippen molar-refractivity contribution in [2.75, 3.05) is 39.3 Å². The van der Waals surface area contributed by atoms with E-state index in [1.54, 1.807) is 6.20 Å². The molecule has 2 aliphatic heterocycles. The van der Waals surface area contributed by atoms with Crippen LogP contribution >= 0.6 is 24.8 Å².